The highest BCUT2D eigenvalue weighted by Crippen LogP contribution is 2.11. The molecule has 2 aromatic rings. The highest BCUT2D eigenvalue weighted by atomic mass is 16.3. The molecule has 2 amide bonds. The molecule has 7 heteroatoms. The molecule has 0 aliphatic carbocycles. The van der Waals surface area contributed by atoms with Crippen molar-refractivity contribution in [3.05, 3.63) is 35.9 Å². The molecule has 0 fully saturated rings. The van der Waals surface area contributed by atoms with Gasteiger partial charge in [-0.1, -0.05) is 0 Å². The third kappa shape index (κ3) is 3.05. The summed E-state index contributed by atoms with van der Waals surface area (Å²) >= 11 is 0. The third-order valence-electron chi connectivity index (χ3n) is 2.52. The van der Waals surface area contributed by atoms with Gasteiger partial charge in [-0.05, 0) is 26.0 Å². The summed E-state index contributed by atoms with van der Waals surface area (Å²) in [5.74, 6) is -0.0670. The van der Waals surface area contributed by atoms with E-state index in [1.54, 1.807) is 19.2 Å². The Morgan fingerprint density at radius 1 is 1.35 bits per heavy atom. The molecule has 20 heavy (non-hydrogen) atoms. The van der Waals surface area contributed by atoms with Crippen molar-refractivity contribution >= 4 is 17.6 Å². The molecule has 0 saturated heterocycles. The summed E-state index contributed by atoms with van der Waals surface area (Å²) in [6, 6.07) is 4.71. The second-order valence-electron chi connectivity index (χ2n) is 4.60. The third-order valence-corrected chi connectivity index (χ3v) is 2.52. The lowest BCUT2D eigenvalue weighted by Gasteiger charge is -2.04. The van der Waals surface area contributed by atoms with Gasteiger partial charge in [-0.2, -0.15) is 5.10 Å². The van der Waals surface area contributed by atoms with Crippen LogP contribution in [-0.4, -0.2) is 27.6 Å². The van der Waals surface area contributed by atoms with Crippen molar-refractivity contribution in [2.75, 3.05) is 5.32 Å². The van der Waals surface area contributed by atoms with Crippen LogP contribution in [0.1, 0.15) is 34.9 Å². The van der Waals surface area contributed by atoms with E-state index in [1.165, 1.54) is 17.0 Å². The number of aromatic nitrogens is 2. The van der Waals surface area contributed by atoms with Gasteiger partial charge in [-0.25, -0.2) is 0 Å². The van der Waals surface area contributed by atoms with Crippen molar-refractivity contribution in [3.63, 3.8) is 0 Å². The Balaban J connectivity index is 2.12. The summed E-state index contributed by atoms with van der Waals surface area (Å²) in [6.45, 7) is 3.72. The summed E-state index contributed by atoms with van der Waals surface area (Å²) < 4.78 is 6.42. The number of hydrogen-bond acceptors (Lipinski definition) is 4. The molecule has 2 rings (SSSR count). The molecule has 7 nitrogen and oxygen atoms in total. The quantitative estimate of drug-likeness (QED) is 0.883. The van der Waals surface area contributed by atoms with Crippen molar-refractivity contribution in [3.8, 4) is 0 Å². The molecule has 0 radical (unpaired) electrons. The molecule has 0 aliphatic heterocycles. The molecule has 2 N–H and O–H groups in total. The Hall–Kier alpha value is -2.57. The van der Waals surface area contributed by atoms with Crippen LogP contribution in [0.5, 0.6) is 0 Å². The van der Waals surface area contributed by atoms with Gasteiger partial charge >= 0.3 is 0 Å². The average molecular weight is 276 g/mol. The van der Waals surface area contributed by atoms with Crippen LogP contribution in [0.4, 0.5) is 5.82 Å². The molecule has 0 bridgehead atoms. The first-order valence-corrected chi connectivity index (χ1v) is 6.17. The van der Waals surface area contributed by atoms with Gasteiger partial charge in [-0.15, -0.1) is 0 Å². The molecule has 0 aromatic carbocycles. The monoisotopic (exact) mass is 276 g/mol. The fourth-order valence-electron chi connectivity index (χ4n) is 1.62. The van der Waals surface area contributed by atoms with Gasteiger partial charge in [0.05, 0.1) is 6.26 Å². The topological polar surface area (TPSA) is 89.2 Å². The summed E-state index contributed by atoms with van der Waals surface area (Å²) in [7, 11) is 1.64. The molecular formula is C13H16N4O3. The molecule has 0 unspecified atom stereocenters. The standard InChI is InChI=1S/C13H16N4O3/c1-8(2)14-12(18)9-7-11(17(3)16-9)15-13(19)10-5-4-6-20-10/h4-8H,1-3H3,(H,14,18)(H,15,19). The predicted octanol–water partition coefficient (Wildman–Crippen LogP) is 1.40. The SMILES string of the molecule is CC(C)NC(=O)c1cc(NC(=O)c2ccco2)n(C)n1. The van der Waals surface area contributed by atoms with Crippen molar-refractivity contribution in [1.82, 2.24) is 15.1 Å². The molecule has 0 spiro atoms. The zero-order valence-corrected chi connectivity index (χ0v) is 11.5. The number of nitrogens with one attached hydrogen (secondary N) is 2. The molecular weight excluding hydrogens is 260 g/mol. The highest BCUT2D eigenvalue weighted by Gasteiger charge is 2.16. The first-order chi connectivity index (χ1) is 9.47. The lowest BCUT2D eigenvalue weighted by atomic mass is 10.3. The summed E-state index contributed by atoms with van der Waals surface area (Å²) in [6.07, 6.45) is 1.42. The van der Waals surface area contributed by atoms with E-state index < -0.39 is 5.91 Å². The minimum absolute atomic E-state index is 0.0191. The average Bonchev–Trinajstić information content (AvgIpc) is 2.99. The maximum atomic E-state index is 11.8. The normalized spacial score (nSPS) is 10.6. The zero-order chi connectivity index (χ0) is 14.7. The van der Waals surface area contributed by atoms with E-state index in [9.17, 15) is 9.59 Å². The fourth-order valence-corrected chi connectivity index (χ4v) is 1.62. The number of carbonyl (C=O) groups is 2. The molecule has 0 atom stereocenters. The van der Waals surface area contributed by atoms with Gasteiger partial charge in [0.1, 0.15) is 5.82 Å². The Morgan fingerprint density at radius 2 is 2.10 bits per heavy atom. The maximum absolute atomic E-state index is 11.8. The molecule has 2 aromatic heterocycles. The van der Waals surface area contributed by atoms with Crippen LogP contribution in [-0.2, 0) is 7.05 Å². The van der Waals surface area contributed by atoms with Crippen LogP contribution in [0.3, 0.4) is 0 Å². The zero-order valence-electron chi connectivity index (χ0n) is 11.5. The molecule has 0 saturated carbocycles. The fraction of sp³-hybridized carbons (Fsp3) is 0.308. The Kier molecular flexibility index (Phi) is 3.88. The predicted molar refractivity (Wildman–Crippen MR) is 72.5 cm³/mol. The van der Waals surface area contributed by atoms with Crippen LogP contribution in [0, 0.1) is 0 Å². The highest BCUT2D eigenvalue weighted by molar-refractivity contribution is 6.02. The lowest BCUT2D eigenvalue weighted by molar-refractivity contribution is 0.0936. The smallest absolute Gasteiger partial charge is 0.292 e. The van der Waals surface area contributed by atoms with Crippen LogP contribution in [0.25, 0.3) is 0 Å². The van der Waals surface area contributed by atoms with Gasteiger partial charge in [0.25, 0.3) is 11.8 Å². The number of anilines is 1. The van der Waals surface area contributed by atoms with Crippen molar-refractivity contribution in [1.29, 1.82) is 0 Å². The van der Waals surface area contributed by atoms with E-state index in [1.807, 2.05) is 13.8 Å². The first-order valence-electron chi connectivity index (χ1n) is 6.17. The Bertz CT molecular complexity index is 614. The summed E-state index contributed by atoms with van der Waals surface area (Å²) in [4.78, 5) is 23.7. The van der Waals surface area contributed by atoms with Crippen LogP contribution in [0.2, 0.25) is 0 Å². The van der Waals surface area contributed by atoms with Gasteiger partial charge in [0.15, 0.2) is 11.5 Å². The van der Waals surface area contributed by atoms with E-state index in [0.29, 0.717) is 5.82 Å². The van der Waals surface area contributed by atoms with E-state index in [4.69, 9.17) is 4.42 Å². The lowest BCUT2D eigenvalue weighted by Crippen LogP contribution is -2.30. The molecule has 2 heterocycles. The number of aryl methyl sites for hydroxylation is 1. The number of hydrogen-bond donors (Lipinski definition) is 2. The van der Waals surface area contributed by atoms with Gasteiger partial charge in [0.2, 0.25) is 0 Å². The van der Waals surface area contributed by atoms with Gasteiger partial charge < -0.3 is 15.1 Å². The summed E-state index contributed by atoms with van der Waals surface area (Å²) in [5, 5.41) is 9.42. The van der Waals surface area contributed by atoms with Crippen LogP contribution in [0.15, 0.2) is 28.9 Å². The summed E-state index contributed by atoms with van der Waals surface area (Å²) in [5.41, 5.74) is 0.246. The van der Waals surface area contributed by atoms with Crippen LogP contribution >= 0.6 is 0 Å². The minimum atomic E-state index is -0.395. The number of amides is 2. The van der Waals surface area contributed by atoms with Crippen molar-refractivity contribution < 1.29 is 14.0 Å². The number of carbonyl (C=O) groups excluding carboxylic acids is 2. The maximum Gasteiger partial charge on any atom is 0.292 e. The van der Waals surface area contributed by atoms with E-state index in [2.05, 4.69) is 15.7 Å². The second-order valence-corrected chi connectivity index (χ2v) is 4.60. The largest absolute Gasteiger partial charge is 0.459 e. The Morgan fingerprint density at radius 3 is 2.70 bits per heavy atom. The van der Waals surface area contributed by atoms with E-state index >= 15 is 0 Å². The minimum Gasteiger partial charge on any atom is -0.459 e. The van der Waals surface area contributed by atoms with E-state index in [-0.39, 0.29) is 23.4 Å². The molecule has 106 valence electrons. The van der Waals surface area contributed by atoms with E-state index in [0.717, 1.165) is 0 Å². The van der Waals surface area contributed by atoms with Crippen molar-refractivity contribution in [2.24, 2.45) is 7.05 Å². The Labute approximate surface area is 116 Å². The van der Waals surface area contributed by atoms with Gasteiger partial charge in [-0.3, -0.25) is 14.3 Å². The first kappa shape index (κ1) is 13.9. The van der Waals surface area contributed by atoms with Crippen LogP contribution < -0.4 is 10.6 Å². The number of furan rings is 1. The van der Waals surface area contributed by atoms with Gasteiger partial charge in [0, 0.05) is 19.2 Å². The second kappa shape index (κ2) is 5.60. The molecule has 0 aliphatic rings. The number of nitrogens with zero attached hydrogens (tertiary/aromatic N) is 2. The number of rotatable bonds is 4. The van der Waals surface area contributed by atoms with Crippen molar-refractivity contribution in [2.45, 2.75) is 19.9 Å².